The van der Waals surface area contributed by atoms with Crippen molar-refractivity contribution in [1.82, 2.24) is 10.6 Å². The molecule has 19 heavy (non-hydrogen) atoms. The number of nitrogens with zero attached hydrogens (tertiary/aromatic N) is 1. The Hall–Kier alpha value is -1.59. The molecule has 0 aliphatic rings. The highest BCUT2D eigenvalue weighted by atomic mass is 16.5. The Bertz CT molecular complexity index is 396. The molecule has 0 aliphatic heterocycles. The number of anilines is 1. The molecule has 0 aromatic heterocycles. The van der Waals surface area contributed by atoms with Crippen LogP contribution in [0.25, 0.3) is 0 Å². The Morgan fingerprint density at radius 1 is 1.37 bits per heavy atom. The lowest BCUT2D eigenvalue weighted by Gasteiger charge is -2.22. The Balaban J connectivity index is 2.57. The van der Waals surface area contributed by atoms with Crippen molar-refractivity contribution in [2.24, 2.45) is 0 Å². The van der Waals surface area contributed by atoms with Crippen molar-refractivity contribution in [3.05, 3.63) is 29.8 Å². The molecule has 0 unspecified atom stereocenters. The fourth-order valence-corrected chi connectivity index (χ4v) is 1.87. The van der Waals surface area contributed by atoms with E-state index < -0.39 is 0 Å². The number of nitrogens with one attached hydrogen (secondary N) is 2. The van der Waals surface area contributed by atoms with Crippen LogP contribution in [0, 0.1) is 0 Å². The third-order valence-corrected chi connectivity index (χ3v) is 2.78. The Morgan fingerprint density at radius 3 is 2.79 bits per heavy atom. The first-order valence-electron chi connectivity index (χ1n) is 6.38. The first-order chi connectivity index (χ1) is 9.19. The molecule has 0 bridgehead atoms. The van der Waals surface area contributed by atoms with Gasteiger partial charge in [-0.1, -0.05) is 18.2 Å². The molecule has 0 atom stereocenters. The standard InChI is InChI=1S/C14H23N3O2/c1-15-10-12-6-4-5-7-13(12)17(2)11-14(18)16-8-9-19-3/h4-7,15H,8-11H2,1-3H3,(H,16,18). The summed E-state index contributed by atoms with van der Waals surface area (Å²) in [5, 5.41) is 5.95. The largest absolute Gasteiger partial charge is 0.383 e. The van der Waals surface area contributed by atoms with Gasteiger partial charge < -0.3 is 20.3 Å². The summed E-state index contributed by atoms with van der Waals surface area (Å²) in [5.74, 6) is -0.00110. The van der Waals surface area contributed by atoms with E-state index in [1.165, 1.54) is 5.56 Å². The molecule has 1 amide bonds. The van der Waals surface area contributed by atoms with E-state index in [-0.39, 0.29) is 5.91 Å². The van der Waals surface area contributed by atoms with Gasteiger partial charge >= 0.3 is 0 Å². The van der Waals surface area contributed by atoms with E-state index in [1.54, 1.807) is 7.11 Å². The molecule has 0 heterocycles. The summed E-state index contributed by atoms with van der Waals surface area (Å²) in [7, 11) is 5.45. The third kappa shape index (κ3) is 5.28. The maximum atomic E-state index is 11.7. The predicted octanol–water partition coefficient (Wildman–Crippen LogP) is 0.605. The molecule has 106 valence electrons. The summed E-state index contributed by atoms with van der Waals surface area (Å²) < 4.78 is 4.90. The highest BCUT2D eigenvalue weighted by Crippen LogP contribution is 2.18. The van der Waals surface area contributed by atoms with E-state index in [9.17, 15) is 4.79 Å². The summed E-state index contributed by atoms with van der Waals surface area (Å²) in [4.78, 5) is 13.7. The summed E-state index contributed by atoms with van der Waals surface area (Å²) in [6.45, 7) is 2.20. The zero-order valence-corrected chi connectivity index (χ0v) is 11.9. The molecule has 2 N–H and O–H groups in total. The highest BCUT2D eigenvalue weighted by molar-refractivity contribution is 5.81. The van der Waals surface area contributed by atoms with E-state index in [2.05, 4.69) is 16.7 Å². The van der Waals surface area contributed by atoms with Crippen molar-refractivity contribution >= 4 is 11.6 Å². The molecule has 0 fully saturated rings. The fourth-order valence-electron chi connectivity index (χ4n) is 1.87. The topological polar surface area (TPSA) is 53.6 Å². The van der Waals surface area contributed by atoms with E-state index in [1.807, 2.05) is 37.2 Å². The Morgan fingerprint density at radius 2 is 2.11 bits per heavy atom. The lowest BCUT2D eigenvalue weighted by molar-refractivity contribution is -0.119. The van der Waals surface area contributed by atoms with Crippen LogP contribution in [-0.4, -0.2) is 46.8 Å². The molecular weight excluding hydrogens is 242 g/mol. The van der Waals surface area contributed by atoms with Gasteiger partial charge in [0.1, 0.15) is 0 Å². The summed E-state index contributed by atoms with van der Waals surface area (Å²) in [5.41, 5.74) is 2.25. The van der Waals surface area contributed by atoms with Gasteiger partial charge in [0.2, 0.25) is 5.91 Å². The van der Waals surface area contributed by atoms with Crippen LogP contribution in [-0.2, 0) is 16.1 Å². The molecule has 1 aromatic rings. The lowest BCUT2D eigenvalue weighted by atomic mass is 10.1. The summed E-state index contributed by atoms with van der Waals surface area (Å²) in [6, 6.07) is 8.07. The quantitative estimate of drug-likeness (QED) is 0.676. The van der Waals surface area contributed by atoms with Gasteiger partial charge in [0.05, 0.1) is 13.2 Å². The van der Waals surface area contributed by atoms with Crippen LogP contribution in [0.5, 0.6) is 0 Å². The van der Waals surface area contributed by atoms with Crippen molar-refractivity contribution in [2.75, 3.05) is 45.8 Å². The van der Waals surface area contributed by atoms with Crippen molar-refractivity contribution in [2.45, 2.75) is 6.54 Å². The van der Waals surface area contributed by atoms with E-state index in [4.69, 9.17) is 4.74 Å². The summed E-state index contributed by atoms with van der Waals surface area (Å²) in [6.07, 6.45) is 0. The predicted molar refractivity (Wildman–Crippen MR) is 77.4 cm³/mol. The lowest BCUT2D eigenvalue weighted by Crippen LogP contribution is -2.37. The first kappa shape index (κ1) is 15.5. The monoisotopic (exact) mass is 265 g/mol. The Kier molecular flexibility index (Phi) is 6.92. The average Bonchev–Trinajstić information content (AvgIpc) is 2.40. The first-order valence-corrected chi connectivity index (χ1v) is 6.38. The number of hydrogen-bond acceptors (Lipinski definition) is 4. The van der Waals surface area contributed by atoms with E-state index >= 15 is 0 Å². The number of amides is 1. The minimum absolute atomic E-state index is 0.00110. The molecule has 0 aliphatic carbocycles. The fraction of sp³-hybridized carbons (Fsp3) is 0.500. The molecule has 0 spiro atoms. The second-order valence-electron chi connectivity index (χ2n) is 4.36. The second kappa shape index (κ2) is 8.50. The second-order valence-corrected chi connectivity index (χ2v) is 4.36. The van der Waals surface area contributed by atoms with Crippen LogP contribution >= 0.6 is 0 Å². The number of ether oxygens (including phenoxy) is 1. The minimum Gasteiger partial charge on any atom is -0.383 e. The SMILES string of the molecule is CNCc1ccccc1N(C)CC(=O)NCCOC. The van der Waals surface area contributed by atoms with Crippen LogP contribution in [0.2, 0.25) is 0 Å². The van der Waals surface area contributed by atoms with Gasteiger partial charge in [0.25, 0.3) is 0 Å². The third-order valence-electron chi connectivity index (χ3n) is 2.78. The number of methoxy groups -OCH3 is 1. The number of carbonyl (C=O) groups is 1. The number of para-hydroxylation sites is 1. The van der Waals surface area contributed by atoms with Gasteiger partial charge in [-0.25, -0.2) is 0 Å². The van der Waals surface area contributed by atoms with Crippen LogP contribution < -0.4 is 15.5 Å². The molecular formula is C14H23N3O2. The molecule has 0 saturated carbocycles. The normalized spacial score (nSPS) is 10.3. The van der Waals surface area contributed by atoms with E-state index in [0.29, 0.717) is 19.7 Å². The maximum Gasteiger partial charge on any atom is 0.239 e. The molecule has 1 aromatic carbocycles. The molecule has 5 nitrogen and oxygen atoms in total. The summed E-state index contributed by atoms with van der Waals surface area (Å²) >= 11 is 0. The highest BCUT2D eigenvalue weighted by Gasteiger charge is 2.10. The number of carbonyl (C=O) groups excluding carboxylic acids is 1. The van der Waals surface area contributed by atoms with Crippen molar-refractivity contribution in [3.63, 3.8) is 0 Å². The number of hydrogen-bond donors (Lipinski definition) is 2. The smallest absolute Gasteiger partial charge is 0.239 e. The Labute approximate surface area is 114 Å². The molecule has 5 heteroatoms. The van der Waals surface area contributed by atoms with Gasteiger partial charge in [0, 0.05) is 32.9 Å². The van der Waals surface area contributed by atoms with Crippen LogP contribution in [0.4, 0.5) is 5.69 Å². The number of likely N-dealkylation sites (N-methyl/N-ethyl adjacent to an activating group) is 1. The minimum atomic E-state index is -0.00110. The average molecular weight is 265 g/mol. The van der Waals surface area contributed by atoms with Crippen LogP contribution in [0.1, 0.15) is 5.56 Å². The van der Waals surface area contributed by atoms with E-state index in [0.717, 1.165) is 12.2 Å². The number of benzene rings is 1. The molecule has 1 rings (SSSR count). The van der Waals surface area contributed by atoms with Gasteiger partial charge in [-0.3, -0.25) is 4.79 Å². The van der Waals surface area contributed by atoms with Crippen molar-refractivity contribution in [3.8, 4) is 0 Å². The molecule has 0 saturated heterocycles. The van der Waals surface area contributed by atoms with Gasteiger partial charge in [0.15, 0.2) is 0 Å². The molecule has 0 radical (unpaired) electrons. The van der Waals surface area contributed by atoms with Gasteiger partial charge in [-0.2, -0.15) is 0 Å². The maximum absolute atomic E-state index is 11.7. The van der Waals surface area contributed by atoms with Crippen LogP contribution in [0.3, 0.4) is 0 Å². The van der Waals surface area contributed by atoms with Crippen molar-refractivity contribution < 1.29 is 9.53 Å². The zero-order valence-electron chi connectivity index (χ0n) is 11.9. The van der Waals surface area contributed by atoms with Crippen LogP contribution in [0.15, 0.2) is 24.3 Å². The van der Waals surface area contributed by atoms with Gasteiger partial charge in [-0.15, -0.1) is 0 Å². The number of rotatable bonds is 8. The van der Waals surface area contributed by atoms with Gasteiger partial charge in [-0.05, 0) is 18.7 Å². The zero-order chi connectivity index (χ0) is 14.1. The van der Waals surface area contributed by atoms with Crippen molar-refractivity contribution in [1.29, 1.82) is 0 Å².